The van der Waals surface area contributed by atoms with Gasteiger partial charge in [-0.25, -0.2) is 0 Å². The van der Waals surface area contributed by atoms with Gasteiger partial charge in [-0.3, -0.25) is 4.79 Å². The zero-order valence-electron chi connectivity index (χ0n) is 11.4. The fourth-order valence-electron chi connectivity index (χ4n) is 1.44. The summed E-state index contributed by atoms with van der Waals surface area (Å²) in [5.74, 6) is -0.780. The van der Waals surface area contributed by atoms with Gasteiger partial charge in [-0.2, -0.15) is 0 Å². The molecule has 0 aliphatic rings. The zero-order valence-corrected chi connectivity index (χ0v) is 11.4. The quantitative estimate of drug-likeness (QED) is 0.340. The van der Waals surface area contributed by atoms with Crippen LogP contribution in [0.2, 0.25) is 0 Å². The lowest BCUT2D eigenvalue weighted by atomic mass is 10.1. The highest BCUT2D eigenvalue weighted by atomic mass is 16.4. The van der Waals surface area contributed by atoms with Crippen molar-refractivity contribution in [1.29, 1.82) is 0 Å². The molecule has 0 fully saturated rings. The van der Waals surface area contributed by atoms with E-state index in [4.69, 9.17) is 5.11 Å². The second-order valence-corrected chi connectivity index (χ2v) is 4.25. The summed E-state index contributed by atoms with van der Waals surface area (Å²) in [7, 11) is 0. The van der Waals surface area contributed by atoms with Gasteiger partial charge >= 0.3 is 5.97 Å². The second kappa shape index (κ2) is 12.8. The van der Waals surface area contributed by atoms with Crippen molar-refractivity contribution in [2.75, 3.05) is 0 Å². The first kappa shape index (κ1) is 17.4. The number of rotatable bonds is 11. The van der Waals surface area contributed by atoms with Crippen LogP contribution in [0.5, 0.6) is 0 Å². The average molecular weight is 264 g/mol. The molecule has 0 aromatic heterocycles. The Morgan fingerprint density at radius 1 is 1.11 bits per heavy atom. The van der Waals surface area contributed by atoms with Gasteiger partial charge in [-0.05, 0) is 32.1 Å². The molecule has 2 N–H and O–H groups in total. The summed E-state index contributed by atoms with van der Waals surface area (Å²) in [6.45, 7) is 3.63. The first-order chi connectivity index (χ1) is 9.16. The van der Waals surface area contributed by atoms with Crippen molar-refractivity contribution in [3.63, 3.8) is 0 Å². The van der Waals surface area contributed by atoms with Gasteiger partial charge in [-0.15, -0.1) is 6.58 Å². The summed E-state index contributed by atoms with van der Waals surface area (Å²) in [4.78, 5) is 10.3. The first-order valence-electron chi connectivity index (χ1n) is 6.66. The van der Waals surface area contributed by atoms with Crippen molar-refractivity contribution in [3.8, 4) is 0 Å². The number of aliphatic hydroxyl groups excluding tert-OH is 1. The summed E-state index contributed by atoms with van der Waals surface area (Å²) in [6.07, 6.45) is 16.8. The molecular weight excluding hydrogens is 240 g/mol. The molecule has 0 unspecified atom stereocenters. The standard InChI is InChI=1S/C16H24O3/c1-2-3-4-5-6-7-8-9-12-15(17)13-10-11-14-16(18)19/h2,4-5,7-9,12,15,17H,1,3,6,10-11,13-14H2,(H,18,19)/b5-4-,8-7-,12-9+/t15-/m1/s1. The van der Waals surface area contributed by atoms with E-state index in [0.717, 1.165) is 19.3 Å². The van der Waals surface area contributed by atoms with Crippen molar-refractivity contribution in [3.05, 3.63) is 49.1 Å². The van der Waals surface area contributed by atoms with Crippen molar-refractivity contribution in [2.45, 2.75) is 44.6 Å². The third-order valence-corrected chi connectivity index (χ3v) is 2.46. The number of hydrogen-bond donors (Lipinski definition) is 2. The minimum absolute atomic E-state index is 0.174. The topological polar surface area (TPSA) is 57.5 Å². The maximum absolute atomic E-state index is 10.3. The predicted octanol–water partition coefficient (Wildman–Crippen LogP) is 3.63. The lowest BCUT2D eigenvalue weighted by molar-refractivity contribution is -0.137. The van der Waals surface area contributed by atoms with Crippen LogP contribution in [0.4, 0.5) is 0 Å². The van der Waals surface area contributed by atoms with E-state index in [1.54, 1.807) is 6.08 Å². The van der Waals surface area contributed by atoms with E-state index in [0.29, 0.717) is 12.8 Å². The fourth-order valence-corrected chi connectivity index (χ4v) is 1.44. The molecule has 0 spiro atoms. The fraction of sp³-hybridized carbons (Fsp3) is 0.438. The molecule has 0 saturated heterocycles. The summed E-state index contributed by atoms with van der Waals surface area (Å²) in [5.41, 5.74) is 0. The Morgan fingerprint density at radius 2 is 1.84 bits per heavy atom. The van der Waals surface area contributed by atoms with E-state index in [1.165, 1.54) is 0 Å². The molecule has 0 saturated carbocycles. The van der Waals surface area contributed by atoms with Crippen LogP contribution in [0.3, 0.4) is 0 Å². The van der Waals surface area contributed by atoms with Crippen molar-refractivity contribution >= 4 is 5.97 Å². The molecule has 0 aromatic carbocycles. The number of carbonyl (C=O) groups is 1. The lowest BCUT2D eigenvalue weighted by Gasteiger charge is -2.03. The SMILES string of the molecule is C=CC/C=C\C/C=C\C=C\[C@@H](O)CCCCC(=O)O. The summed E-state index contributed by atoms with van der Waals surface area (Å²) < 4.78 is 0. The number of hydrogen-bond acceptors (Lipinski definition) is 2. The third-order valence-electron chi connectivity index (χ3n) is 2.46. The Hall–Kier alpha value is -1.61. The number of carboxylic acids is 1. The Balaban J connectivity index is 3.60. The van der Waals surface area contributed by atoms with Crippen molar-refractivity contribution in [2.24, 2.45) is 0 Å². The number of carboxylic acid groups (broad SMARTS) is 1. The summed E-state index contributed by atoms with van der Waals surface area (Å²) >= 11 is 0. The Labute approximate surface area is 115 Å². The Bertz CT molecular complexity index is 327. The molecule has 0 rings (SSSR count). The van der Waals surface area contributed by atoms with Crippen LogP contribution in [0, 0.1) is 0 Å². The molecule has 0 amide bonds. The van der Waals surface area contributed by atoms with E-state index in [2.05, 4.69) is 18.7 Å². The number of aliphatic hydroxyl groups is 1. The zero-order chi connectivity index (χ0) is 14.3. The van der Waals surface area contributed by atoms with Gasteiger partial charge in [0.2, 0.25) is 0 Å². The minimum Gasteiger partial charge on any atom is -0.481 e. The molecule has 0 heterocycles. The molecule has 3 heteroatoms. The molecule has 106 valence electrons. The molecule has 1 atom stereocenters. The van der Waals surface area contributed by atoms with Crippen LogP contribution in [-0.2, 0) is 4.79 Å². The molecule has 3 nitrogen and oxygen atoms in total. The third kappa shape index (κ3) is 14.3. The van der Waals surface area contributed by atoms with Crippen LogP contribution >= 0.6 is 0 Å². The summed E-state index contributed by atoms with van der Waals surface area (Å²) in [5, 5.41) is 18.1. The van der Waals surface area contributed by atoms with E-state index >= 15 is 0 Å². The minimum atomic E-state index is -0.780. The van der Waals surface area contributed by atoms with E-state index < -0.39 is 12.1 Å². The second-order valence-electron chi connectivity index (χ2n) is 4.25. The van der Waals surface area contributed by atoms with Gasteiger partial charge in [-0.1, -0.05) is 42.5 Å². The van der Waals surface area contributed by atoms with Gasteiger partial charge in [0.15, 0.2) is 0 Å². The highest BCUT2D eigenvalue weighted by Crippen LogP contribution is 2.04. The van der Waals surface area contributed by atoms with Gasteiger partial charge in [0.05, 0.1) is 6.10 Å². The van der Waals surface area contributed by atoms with Crippen molar-refractivity contribution < 1.29 is 15.0 Å². The number of aliphatic carboxylic acids is 1. The molecule has 0 aliphatic heterocycles. The number of allylic oxidation sites excluding steroid dienone is 6. The van der Waals surface area contributed by atoms with Gasteiger partial charge in [0.25, 0.3) is 0 Å². The first-order valence-corrected chi connectivity index (χ1v) is 6.66. The summed E-state index contributed by atoms with van der Waals surface area (Å²) in [6, 6.07) is 0. The normalized spacial score (nSPS) is 13.5. The highest BCUT2D eigenvalue weighted by Gasteiger charge is 2.00. The molecule has 19 heavy (non-hydrogen) atoms. The van der Waals surface area contributed by atoms with Crippen LogP contribution in [-0.4, -0.2) is 22.3 Å². The smallest absolute Gasteiger partial charge is 0.303 e. The Kier molecular flexibility index (Phi) is 11.7. The van der Waals surface area contributed by atoms with Gasteiger partial charge in [0.1, 0.15) is 0 Å². The van der Waals surface area contributed by atoms with Crippen LogP contribution in [0.15, 0.2) is 49.1 Å². The lowest BCUT2D eigenvalue weighted by Crippen LogP contribution is -2.02. The largest absolute Gasteiger partial charge is 0.481 e. The van der Waals surface area contributed by atoms with E-state index in [9.17, 15) is 9.90 Å². The monoisotopic (exact) mass is 264 g/mol. The molecular formula is C16H24O3. The molecule has 0 aromatic rings. The van der Waals surface area contributed by atoms with Gasteiger partial charge < -0.3 is 10.2 Å². The molecule has 0 radical (unpaired) electrons. The van der Waals surface area contributed by atoms with Crippen LogP contribution in [0.1, 0.15) is 38.5 Å². The van der Waals surface area contributed by atoms with E-state index in [1.807, 2.05) is 24.3 Å². The molecule has 0 aliphatic carbocycles. The Morgan fingerprint density at radius 3 is 2.53 bits per heavy atom. The van der Waals surface area contributed by atoms with Crippen LogP contribution in [0.25, 0.3) is 0 Å². The maximum Gasteiger partial charge on any atom is 0.303 e. The average Bonchev–Trinajstić information content (AvgIpc) is 2.37. The molecule has 0 bridgehead atoms. The van der Waals surface area contributed by atoms with Gasteiger partial charge in [0, 0.05) is 6.42 Å². The highest BCUT2D eigenvalue weighted by molar-refractivity contribution is 5.66. The predicted molar refractivity (Wildman–Crippen MR) is 79.0 cm³/mol. The van der Waals surface area contributed by atoms with E-state index in [-0.39, 0.29) is 6.42 Å². The van der Waals surface area contributed by atoms with Crippen LogP contribution < -0.4 is 0 Å². The maximum atomic E-state index is 10.3. The number of unbranched alkanes of at least 4 members (excludes halogenated alkanes) is 1. The van der Waals surface area contributed by atoms with Crippen molar-refractivity contribution in [1.82, 2.24) is 0 Å².